The molecule has 1 heterocycles. The molecule has 1 fully saturated rings. The molecule has 0 bridgehead atoms. The van der Waals surface area contributed by atoms with E-state index >= 15 is 0 Å². The summed E-state index contributed by atoms with van der Waals surface area (Å²) >= 11 is 0. The highest BCUT2D eigenvalue weighted by Gasteiger charge is 2.19. The van der Waals surface area contributed by atoms with Crippen molar-refractivity contribution in [3.8, 4) is 0 Å². The standard InChI is InChI=1S/C19H31N3O/c1-15(2)13-21-8-10-22(11-9-21)14-19(23)20-18-7-5-6-17(12-18)16(3)4/h5-7,12,15-16H,8-11,13-14H2,1-4H3,(H,20,23). The number of rotatable bonds is 6. The fourth-order valence-electron chi connectivity index (χ4n) is 3.03. The van der Waals surface area contributed by atoms with Crippen LogP contribution in [0.15, 0.2) is 24.3 Å². The van der Waals surface area contributed by atoms with Crippen molar-refractivity contribution in [2.75, 3.05) is 44.6 Å². The van der Waals surface area contributed by atoms with Crippen LogP contribution in [0.2, 0.25) is 0 Å². The lowest BCUT2D eigenvalue weighted by molar-refractivity contribution is -0.117. The van der Waals surface area contributed by atoms with Gasteiger partial charge in [0.25, 0.3) is 0 Å². The normalized spacial score (nSPS) is 17.0. The summed E-state index contributed by atoms with van der Waals surface area (Å²) in [6, 6.07) is 8.15. The van der Waals surface area contributed by atoms with Gasteiger partial charge in [0.05, 0.1) is 6.54 Å². The third-order valence-electron chi connectivity index (χ3n) is 4.29. The van der Waals surface area contributed by atoms with E-state index in [9.17, 15) is 4.79 Å². The Balaban J connectivity index is 1.78. The number of benzene rings is 1. The summed E-state index contributed by atoms with van der Waals surface area (Å²) in [7, 11) is 0. The molecule has 2 rings (SSSR count). The number of nitrogens with zero attached hydrogens (tertiary/aromatic N) is 2. The van der Waals surface area contributed by atoms with Crippen molar-refractivity contribution in [2.24, 2.45) is 5.92 Å². The number of carbonyl (C=O) groups excluding carboxylic acids is 1. The zero-order valence-corrected chi connectivity index (χ0v) is 15.0. The lowest BCUT2D eigenvalue weighted by Crippen LogP contribution is -2.49. The molecule has 4 nitrogen and oxygen atoms in total. The monoisotopic (exact) mass is 317 g/mol. The Kier molecular flexibility index (Phi) is 6.60. The summed E-state index contributed by atoms with van der Waals surface area (Å²) in [4.78, 5) is 17.0. The van der Waals surface area contributed by atoms with Crippen LogP contribution in [0.1, 0.15) is 39.2 Å². The maximum atomic E-state index is 12.3. The number of carbonyl (C=O) groups is 1. The predicted molar refractivity (Wildman–Crippen MR) is 96.9 cm³/mol. The molecule has 0 aromatic heterocycles. The molecule has 0 radical (unpaired) electrons. The van der Waals surface area contributed by atoms with Gasteiger partial charge in [-0.1, -0.05) is 39.8 Å². The summed E-state index contributed by atoms with van der Waals surface area (Å²) in [6.45, 7) is 14.6. The van der Waals surface area contributed by atoms with Gasteiger partial charge >= 0.3 is 0 Å². The molecule has 1 aliphatic rings. The van der Waals surface area contributed by atoms with Crippen LogP contribution in [0, 0.1) is 5.92 Å². The minimum atomic E-state index is 0.0863. The number of hydrogen-bond donors (Lipinski definition) is 1. The van der Waals surface area contributed by atoms with Gasteiger partial charge in [0, 0.05) is 38.4 Å². The van der Waals surface area contributed by atoms with Gasteiger partial charge in [-0.05, 0) is 29.5 Å². The Morgan fingerprint density at radius 2 is 1.74 bits per heavy atom. The molecular weight excluding hydrogens is 286 g/mol. The fourth-order valence-corrected chi connectivity index (χ4v) is 3.03. The summed E-state index contributed by atoms with van der Waals surface area (Å²) in [5.74, 6) is 1.27. The van der Waals surface area contributed by atoms with Crippen molar-refractivity contribution in [1.29, 1.82) is 0 Å². The van der Waals surface area contributed by atoms with Gasteiger partial charge in [-0.25, -0.2) is 0 Å². The fraction of sp³-hybridized carbons (Fsp3) is 0.632. The van der Waals surface area contributed by atoms with Crippen molar-refractivity contribution in [2.45, 2.75) is 33.6 Å². The van der Waals surface area contributed by atoms with E-state index < -0.39 is 0 Å². The van der Waals surface area contributed by atoms with Crippen LogP contribution in [0.5, 0.6) is 0 Å². The van der Waals surface area contributed by atoms with E-state index in [1.54, 1.807) is 0 Å². The van der Waals surface area contributed by atoms with E-state index in [2.05, 4.69) is 54.9 Å². The Hall–Kier alpha value is -1.39. The van der Waals surface area contributed by atoms with E-state index in [-0.39, 0.29) is 5.91 Å². The van der Waals surface area contributed by atoms with Crippen molar-refractivity contribution in [1.82, 2.24) is 9.80 Å². The van der Waals surface area contributed by atoms with Crippen molar-refractivity contribution >= 4 is 11.6 Å². The molecule has 1 amide bonds. The number of amides is 1. The molecule has 0 saturated carbocycles. The van der Waals surface area contributed by atoms with Gasteiger partial charge in [0.2, 0.25) is 5.91 Å². The summed E-state index contributed by atoms with van der Waals surface area (Å²) in [5.41, 5.74) is 2.16. The lowest BCUT2D eigenvalue weighted by atomic mass is 10.0. The van der Waals surface area contributed by atoms with Gasteiger partial charge in [-0.15, -0.1) is 0 Å². The van der Waals surface area contributed by atoms with Gasteiger partial charge < -0.3 is 10.2 Å². The Morgan fingerprint density at radius 3 is 2.35 bits per heavy atom. The van der Waals surface area contributed by atoms with Crippen LogP contribution in [-0.4, -0.2) is 55.0 Å². The maximum absolute atomic E-state index is 12.3. The zero-order chi connectivity index (χ0) is 16.8. The zero-order valence-electron chi connectivity index (χ0n) is 15.0. The second kappa shape index (κ2) is 8.46. The molecule has 1 saturated heterocycles. The smallest absolute Gasteiger partial charge is 0.238 e. The minimum Gasteiger partial charge on any atom is -0.325 e. The Labute approximate surface area is 140 Å². The summed E-state index contributed by atoms with van der Waals surface area (Å²) in [6.07, 6.45) is 0. The molecule has 0 aliphatic carbocycles. The van der Waals surface area contributed by atoms with Crippen LogP contribution < -0.4 is 5.32 Å². The highest BCUT2D eigenvalue weighted by Crippen LogP contribution is 2.18. The van der Waals surface area contributed by atoms with Crippen molar-refractivity contribution in [3.63, 3.8) is 0 Å². The van der Waals surface area contributed by atoms with Crippen molar-refractivity contribution < 1.29 is 4.79 Å². The maximum Gasteiger partial charge on any atom is 0.238 e. The highest BCUT2D eigenvalue weighted by atomic mass is 16.2. The van der Waals surface area contributed by atoms with Gasteiger partial charge in [-0.2, -0.15) is 0 Å². The average molecular weight is 317 g/mol. The predicted octanol–water partition coefficient (Wildman–Crippen LogP) is 3.02. The first-order valence-corrected chi connectivity index (χ1v) is 8.78. The quantitative estimate of drug-likeness (QED) is 0.876. The van der Waals surface area contributed by atoms with Crippen LogP contribution in [0.25, 0.3) is 0 Å². The number of hydrogen-bond acceptors (Lipinski definition) is 3. The Morgan fingerprint density at radius 1 is 1.09 bits per heavy atom. The van der Waals surface area contributed by atoms with E-state index in [0.29, 0.717) is 18.4 Å². The van der Waals surface area contributed by atoms with E-state index in [0.717, 1.165) is 38.4 Å². The molecule has 0 unspecified atom stereocenters. The molecule has 0 spiro atoms. The number of anilines is 1. The molecule has 1 aliphatic heterocycles. The van der Waals surface area contributed by atoms with E-state index in [4.69, 9.17) is 0 Å². The average Bonchev–Trinajstić information content (AvgIpc) is 2.49. The molecule has 4 heteroatoms. The summed E-state index contributed by atoms with van der Waals surface area (Å²) < 4.78 is 0. The summed E-state index contributed by atoms with van der Waals surface area (Å²) in [5, 5.41) is 3.03. The van der Waals surface area contributed by atoms with Gasteiger partial charge in [-0.3, -0.25) is 9.69 Å². The SMILES string of the molecule is CC(C)CN1CCN(CC(=O)Nc2cccc(C(C)C)c2)CC1. The van der Waals surface area contributed by atoms with Crippen LogP contribution in [0.4, 0.5) is 5.69 Å². The van der Waals surface area contributed by atoms with Crippen molar-refractivity contribution in [3.05, 3.63) is 29.8 Å². The van der Waals surface area contributed by atoms with E-state index in [1.165, 1.54) is 5.56 Å². The number of nitrogens with one attached hydrogen (secondary N) is 1. The first-order valence-electron chi connectivity index (χ1n) is 8.78. The topological polar surface area (TPSA) is 35.6 Å². The second-order valence-electron chi connectivity index (χ2n) is 7.30. The van der Waals surface area contributed by atoms with Crippen LogP contribution >= 0.6 is 0 Å². The van der Waals surface area contributed by atoms with Gasteiger partial charge in [0.15, 0.2) is 0 Å². The number of piperazine rings is 1. The Bertz CT molecular complexity index is 505. The van der Waals surface area contributed by atoms with Crippen LogP contribution in [0.3, 0.4) is 0 Å². The third-order valence-corrected chi connectivity index (χ3v) is 4.29. The second-order valence-corrected chi connectivity index (χ2v) is 7.30. The minimum absolute atomic E-state index is 0.0863. The first-order chi connectivity index (χ1) is 10.9. The first kappa shape index (κ1) is 18.0. The van der Waals surface area contributed by atoms with E-state index in [1.807, 2.05) is 12.1 Å². The van der Waals surface area contributed by atoms with Crippen LogP contribution in [-0.2, 0) is 4.79 Å². The third kappa shape index (κ3) is 5.96. The largest absolute Gasteiger partial charge is 0.325 e. The molecule has 128 valence electrons. The molecule has 23 heavy (non-hydrogen) atoms. The molecule has 1 aromatic rings. The molecule has 1 N–H and O–H groups in total. The van der Waals surface area contributed by atoms with Gasteiger partial charge in [0.1, 0.15) is 0 Å². The molecular formula is C19H31N3O. The lowest BCUT2D eigenvalue weighted by Gasteiger charge is -2.35. The molecule has 1 aromatic carbocycles. The highest BCUT2D eigenvalue weighted by molar-refractivity contribution is 5.92. The molecule has 0 atom stereocenters.